The third-order valence-electron chi connectivity index (χ3n) is 3.26. The Bertz CT molecular complexity index is 399. The number of hydrogen-bond acceptors (Lipinski definition) is 2. The molecule has 1 aromatic carbocycles. The highest BCUT2D eigenvalue weighted by atomic mass is 16.7. The van der Waals surface area contributed by atoms with Gasteiger partial charge in [-0.1, -0.05) is 45.2 Å². The number of benzene rings is 1. The fourth-order valence-corrected chi connectivity index (χ4v) is 2.24. The van der Waals surface area contributed by atoms with Gasteiger partial charge in [0, 0.05) is 0 Å². The van der Waals surface area contributed by atoms with Crippen molar-refractivity contribution in [2.24, 2.45) is 0 Å². The molecule has 0 saturated heterocycles. The van der Waals surface area contributed by atoms with E-state index in [0.717, 1.165) is 50.5 Å². The van der Waals surface area contributed by atoms with E-state index in [0.29, 0.717) is 5.75 Å². The minimum Gasteiger partial charge on any atom is -0.449 e. The predicted molar refractivity (Wildman–Crippen MR) is 76.9 cm³/mol. The molecule has 3 nitrogen and oxygen atoms in total. The topological polar surface area (TPSA) is 46.5 Å². The second-order valence-corrected chi connectivity index (χ2v) is 4.82. The standard InChI is InChI=1S/C16H24O3/c1-3-5-7-11-14-13(9-6-4-2)10-8-12-15(14)19-16(17)18/h8,10,12H,3-7,9,11H2,1-2H3,(H,17,18). The fourth-order valence-electron chi connectivity index (χ4n) is 2.24. The lowest BCUT2D eigenvalue weighted by atomic mass is 9.96. The van der Waals surface area contributed by atoms with Crippen LogP contribution in [0, 0.1) is 0 Å². The Morgan fingerprint density at radius 3 is 2.47 bits per heavy atom. The largest absolute Gasteiger partial charge is 0.511 e. The van der Waals surface area contributed by atoms with Crippen molar-refractivity contribution in [3.05, 3.63) is 29.3 Å². The SMILES string of the molecule is CCCCCc1c(CCCC)cccc1OC(=O)O. The molecule has 106 valence electrons. The predicted octanol–water partition coefficient (Wildman–Crippen LogP) is 4.82. The number of rotatable bonds is 8. The van der Waals surface area contributed by atoms with Crippen LogP contribution < -0.4 is 4.74 Å². The number of aryl methyl sites for hydroxylation is 1. The van der Waals surface area contributed by atoms with Crippen LogP contribution in [-0.4, -0.2) is 11.3 Å². The van der Waals surface area contributed by atoms with Gasteiger partial charge in [-0.15, -0.1) is 0 Å². The molecule has 0 aliphatic heterocycles. The number of carbonyl (C=O) groups is 1. The van der Waals surface area contributed by atoms with Crippen molar-refractivity contribution in [2.45, 2.75) is 58.8 Å². The molecule has 1 rings (SSSR count). The van der Waals surface area contributed by atoms with Crippen molar-refractivity contribution in [3.63, 3.8) is 0 Å². The molecule has 1 aromatic rings. The minimum absolute atomic E-state index is 0.511. The molecular weight excluding hydrogens is 240 g/mol. The van der Waals surface area contributed by atoms with E-state index in [4.69, 9.17) is 9.84 Å². The molecule has 0 aliphatic carbocycles. The van der Waals surface area contributed by atoms with Gasteiger partial charge in [0.1, 0.15) is 5.75 Å². The van der Waals surface area contributed by atoms with E-state index in [1.807, 2.05) is 6.07 Å². The molecule has 0 spiro atoms. The highest BCUT2D eigenvalue weighted by Crippen LogP contribution is 2.26. The summed E-state index contributed by atoms with van der Waals surface area (Å²) < 4.78 is 4.91. The molecule has 0 amide bonds. The van der Waals surface area contributed by atoms with Gasteiger partial charge >= 0.3 is 6.16 Å². The Morgan fingerprint density at radius 1 is 1.11 bits per heavy atom. The summed E-state index contributed by atoms with van der Waals surface area (Å²) in [6.45, 7) is 4.33. The lowest BCUT2D eigenvalue weighted by molar-refractivity contribution is 0.144. The molecule has 0 unspecified atom stereocenters. The van der Waals surface area contributed by atoms with Gasteiger partial charge in [0.15, 0.2) is 0 Å². The van der Waals surface area contributed by atoms with Crippen molar-refractivity contribution in [3.8, 4) is 5.75 Å². The van der Waals surface area contributed by atoms with Crippen LogP contribution in [0.4, 0.5) is 4.79 Å². The van der Waals surface area contributed by atoms with E-state index in [-0.39, 0.29) is 0 Å². The van der Waals surface area contributed by atoms with Crippen LogP contribution in [0.2, 0.25) is 0 Å². The van der Waals surface area contributed by atoms with Crippen LogP contribution in [0.25, 0.3) is 0 Å². The van der Waals surface area contributed by atoms with Crippen LogP contribution in [-0.2, 0) is 12.8 Å². The molecule has 0 aromatic heterocycles. The third-order valence-corrected chi connectivity index (χ3v) is 3.26. The summed E-state index contributed by atoms with van der Waals surface area (Å²) in [5.74, 6) is 0.511. The third kappa shape index (κ3) is 5.33. The van der Waals surface area contributed by atoms with Crippen molar-refractivity contribution >= 4 is 6.16 Å². The second kappa shape index (κ2) is 8.57. The summed E-state index contributed by atoms with van der Waals surface area (Å²) >= 11 is 0. The first-order valence-electron chi connectivity index (χ1n) is 7.20. The summed E-state index contributed by atoms with van der Waals surface area (Å²) in [5, 5.41) is 8.81. The van der Waals surface area contributed by atoms with Gasteiger partial charge in [-0.05, 0) is 42.9 Å². The van der Waals surface area contributed by atoms with Gasteiger partial charge in [0.05, 0.1) is 0 Å². The van der Waals surface area contributed by atoms with E-state index < -0.39 is 6.16 Å². The van der Waals surface area contributed by atoms with Crippen molar-refractivity contribution in [1.29, 1.82) is 0 Å². The van der Waals surface area contributed by atoms with E-state index in [2.05, 4.69) is 19.9 Å². The van der Waals surface area contributed by atoms with Gasteiger partial charge in [-0.2, -0.15) is 0 Å². The fraction of sp³-hybridized carbons (Fsp3) is 0.562. The molecule has 19 heavy (non-hydrogen) atoms. The van der Waals surface area contributed by atoms with E-state index in [9.17, 15) is 4.79 Å². The molecule has 1 N–H and O–H groups in total. The highest BCUT2D eigenvalue weighted by molar-refractivity contribution is 5.62. The zero-order valence-electron chi connectivity index (χ0n) is 11.9. The maximum atomic E-state index is 10.8. The minimum atomic E-state index is -1.23. The summed E-state index contributed by atoms with van der Waals surface area (Å²) in [5.41, 5.74) is 2.31. The zero-order chi connectivity index (χ0) is 14.1. The molecule has 3 heteroatoms. The van der Waals surface area contributed by atoms with Crippen LogP contribution in [0.5, 0.6) is 5.75 Å². The van der Waals surface area contributed by atoms with Gasteiger partial charge in [0.25, 0.3) is 0 Å². The molecule has 0 aliphatic rings. The van der Waals surface area contributed by atoms with Crippen molar-refractivity contribution in [1.82, 2.24) is 0 Å². The molecule has 0 heterocycles. The summed E-state index contributed by atoms with van der Waals surface area (Å²) in [7, 11) is 0. The number of carboxylic acid groups (broad SMARTS) is 1. The van der Waals surface area contributed by atoms with Crippen molar-refractivity contribution in [2.75, 3.05) is 0 Å². The number of ether oxygens (including phenoxy) is 1. The van der Waals surface area contributed by atoms with Gasteiger partial charge in [-0.3, -0.25) is 0 Å². The monoisotopic (exact) mass is 264 g/mol. The molecule has 0 saturated carbocycles. The quantitative estimate of drug-likeness (QED) is 0.416. The lowest BCUT2D eigenvalue weighted by Gasteiger charge is -2.13. The van der Waals surface area contributed by atoms with E-state index in [1.165, 1.54) is 5.56 Å². The molecule has 0 atom stereocenters. The Labute approximate surface area is 115 Å². The van der Waals surface area contributed by atoms with Crippen LogP contribution in [0.3, 0.4) is 0 Å². The normalized spacial score (nSPS) is 10.4. The van der Waals surface area contributed by atoms with Crippen molar-refractivity contribution < 1.29 is 14.6 Å². The maximum Gasteiger partial charge on any atom is 0.511 e. The number of hydrogen-bond donors (Lipinski definition) is 1. The van der Waals surface area contributed by atoms with Gasteiger partial charge in [-0.25, -0.2) is 4.79 Å². The summed E-state index contributed by atoms with van der Waals surface area (Å²) in [6, 6.07) is 5.73. The summed E-state index contributed by atoms with van der Waals surface area (Å²) in [6.07, 6.45) is 6.32. The molecule has 0 fully saturated rings. The average Bonchev–Trinajstić information content (AvgIpc) is 2.38. The number of unbranched alkanes of at least 4 members (excludes halogenated alkanes) is 3. The smallest absolute Gasteiger partial charge is 0.449 e. The Kier molecular flexibility index (Phi) is 7.01. The molecule has 0 bridgehead atoms. The first kappa shape index (κ1) is 15.5. The average molecular weight is 264 g/mol. The van der Waals surface area contributed by atoms with E-state index >= 15 is 0 Å². The zero-order valence-corrected chi connectivity index (χ0v) is 11.9. The summed E-state index contributed by atoms with van der Waals surface area (Å²) in [4.78, 5) is 10.8. The first-order valence-corrected chi connectivity index (χ1v) is 7.20. The second-order valence-electron chi connectivity index (χ2n) is 4.82. The molecule has 0 radical (unpaired) electrons. The lowest BCUT2D eigenvalue weighted by Crippen LogP contribution is -2.07. The maximum absolute atomic E-state index is 10.8. The van der Waals surface area contributed by atoms with Crippen LogP contribution >= 0.6 is 0 Å². The van der Waals surface area contributed by atoms with Gasteiger partial charge < -0.3 is 9.84 Å². The Morgan fingerprint density at radius 2 is 1.84 bits per heavy atom. The van der Waals surface area contributed by atoms with Crippen LogP contribution in [0.15, 0.2) is 18.2 Å². The molecular formula is C16H24O3. The highest BCUT2D eigenvalue weighted by Gasteiger charge is 2.11. The first-order chi connectivity index (χ1) is 9.19. The van der Waals surface area contributed by atoms with Gasteiger partial charge in [0.2, 0.25) is 0 Å². The Hall–Kier alpha value is -1.51. The van der Waals surface area contributed by atoms with Crippen LogP contribution in [0.1, 0.15) is 57.1 Å². The van der Waals surface area contributed by atoms with E-state index in [1.54, 1.807) is 6.07 Å². The Balaban J connectivity index is 2.90.